The topological polar surface area (TPSA) is 74.2 Å². The molecule has 0 fully saturated rings. The molecule has 1 amide bonds. The molecule has 6 nitrogen and oxygen atoms in total. The zero-order valence-electron chi connectivity index (χ0n) is 17.5. The van der Waals surface area contributed by atoms with E-state index in [4.69, 9.17) is 14.2 Å². The molecule has 1 aliphatic rings. The second-order valence-corrected chi connectivity index (χ2v) is 7.09. The number of ketones is 1. The molecule has 0 unspecified atom stereocenters. The first-order chi connectivity index (χ1) is 13.2. The average molecular weight is 385 g/mol. The van der Waals surface area contributed by atoms with Crippen LogP contribution in [-0.2, 0) is 4.79 Å². The molecule has 150 valence electrons. The van der Waals surface area contributed by atoms with Gasteiger partial charge in [0, 0.05) is 16.7 Å². The molecular formula is C22H27NO5. The average Bonchev–Trinajstić information content (AvgIpc) is 2.67. The van der Waals surface area contributed by atoms with E-state index in [0.717, 1.165) is 0 Å². The number of aliphatic imine (C=N–C) groups is 1. The van der Waals surface area contributed by atoms with Gasteiger partial charge in [0.05, 0.1) is 27.0 Å². The third-order valence-corrected chi connectivity index (χ3v) is 4.52. The Balaban J connectivity index is 2.52. The van der Waals surface area contributed by atoms with Gasteiger partial charge in [-0.05, 0) is 36.1 Å². The molecule has 1 aromatic rings. The van der Waals surface area contributed by atoms with Crippen LogP contribution >= 0.6 is 0 Å². The van der Waals surface area contributed by atoms with Crippen LogP contribution in [0.15, 0.2) is 40.4 Å². The summed E-state index contributed by atoms with van der Waals surface area (Å²) in [5, 5.41) is 0. The Hall–Kier alpha value is -2.89. The molecule has 0 aromatic heterocycles. The van der Waals surface area contributed by atoms with E-state index in [0.29, 0.717) is 39.7 Å². The number of hydrogen-bond acceptors (Lipinski definition) is 5. The van der Waals surface area contributed by atoms with Crippen LogP contribution in [0.2, 0.25) is 0 Å². The van der Waals surface area contributed by atoms with Gasteiger partial charge in [-0.3, -0.25) is 9.59 Å². The van der Waals surface area contributed by atoms with Gasteiger partial charge in [-0.1, -0.05) is 27.7 Å². The van der Waals surface area contributed by atoms with Gasteiger partial charge >= 0.3 is 0 Å². The van der Waals surface area contributed by atoms with Crippen molar-refractivity contribution in [3.63, 3.8) is 0 Å². The maximum atomic E-state index is 12.8. The van der Waals surface area contributed by atoms with E-state index < -0.39 is 5.91 Å². The normalized spacial score (nSPS) is 14.0. The van der Waals surface area contributed by atoms with Crippen LogP contribution in [0.4, 0.5) is 0 Å². The first-order valence-electron chi connectivity index (χ1n) is 9.14. The molecule has 0 saturated heterocycles. The number of rotatable bonds is 6. The van der Waals surface area contributed by atoms with E-state index in [1.807, 2.05) is 27.7 Å². The van der Waals surface area contributed by atoms with Crippen molar-refractivity contribution in [1.29, 1.82) is 0 Å². The van der Waals surface area contributed by atoms with E-state index in [1.54, 1.807) is 24.3 Å². The number of hydrogen-bond donors (Lipinski definition) is 0. The van der Waals surface area contributed by atoms with Crippen molar-refractivity contribution in [2.45, 2.75) is 27.7 Å². The Morgan fingerprint density at radius 1 is 0.857 bits per heavy atom. The van der Waals surface area contributed by atoms with Gasteiger partial charge in [-0.25, -0.2) is 4.99 Å². The first-order valence-corrected chi connectivity index (χ1v) is 9.14. The number of allylic oxidation sites excluding steroid dienone is 4. The summed E-state index contributed by atoms with van der Waals surface area (Å²) in [5.74, 6) is 0.794. The third kappa shape index (κ3) is 4.32. The van der Waals surface area contributed by atoms with Crippen molar-refractivity contribution in [2.75, 3.05) is 21.3 Å². The second-order valence-electron chi connectivity index (χ2n) is 7.09. The van der Waals surface area contributed by atoms with Crippen LogP contribution in [0, 0.1) is 11.8 Å². The molecule has 0 bridgehead atoms. The van der Waals surface area contributed by atoms with Gasteiger partial charge in [0.1, 0.15) is 0 Å². The zero-order valence-corrected chi connectivity index (χ0v) is 17.5. The summed E-state index contributed by atoms with van der Waals surface area (Å²) in [5.41, 5.74) is 2.08. The Kier molecular flexibility index (Phi) is 6.78. The van der Waals surface area contributed by atoms with Crippen molar-refractivity contribution in [1.82, 2.24) is 0 Å². The number of methoxy groups -OCH3 is 3. The number of nitrogens with zero attached hydrogens (tertiary/aromatic N) is 1. The number of ether oxygens (including phenoxy) is 3. The van der Waals surface area contributed by atoms with Gasteiger partial charge in [0.25, 0.3) is 5.91 Å². The van der Waals surface area contributed by atoms with E-state index in [1.165, 1.54) is 21.3 Å². The van der Waals surface area contributed by atoms with Gasteiger partial charge in [-0.2, -0.15) is 0 Å². The standard InChI is InChI=1S/C22H27NO5/c1-12(2)16-10-15(11-17(13(3)4)20(16)24)23-22(25)14-8-18(26-5)21(28-7)19(9-14)27-6/h8-13H,1-7H3. The number of carbonyl (C=O) groups is 2. The van der Waals surface area contributed by atoms with E-state index in [2.05, 4.69) is 4.99 Å². The molecule has 0 saturated carbocycles. The maximum absolute atomic E-state index is 12.8. The van der Waals surface area contributed by atoms with E-state index in [-0.39, 0.29) is 17.6 Å². The highest BCUT2D eigenvalue weighted by atomic mass is 16.5. The van der Waals surface area contributed by atoms with Crippen molar-refractivity contribution < 1.29 is 23.8 Å². The van der Waals surface area contributed by atoms with Gasteiger partial charge in [-0.15, -0.1) is 0 Å². The molecule has 0 atom stereocenters. The third-order valence-electron chi connectivity index (χ3n) is 4.52. The fourth-order valence-electron chi connectivity index (χ4n) is 2.97. The van der Waals surface area contributed by atoms with Gasteiger partial charge in [0.15, 0.2) is 17.3 Å². The van der Waals surface area contributed by atoms with E-state index in [9.17, 15) is 9.59 Å². The van der Waals surface area contributed by atoms with Gasteiger partial charge in [0.2, 0.25) is 5.75 Å². The molecule has 0 heterocycles. The van der Waals surface area contributed by atoms with Crippen molar-refractivity contribution in [3.05, 3.63) is 41.0 Å². The largest absolute Gasteiger partial charge is 0.493 e. The summed E-state index contributed by atoms with van der Waals surface area (Å²) < 4.78 is 15.9. The summed E-state index contributed by atoms with van der Waals surface area (Å²) in [4.78, 5) is 29.7. The predicted octanol–water partition coefficient (Wildman–Crippen LogP) is 4.04. The minimum atomic E-state index is -0.456. The molecule has 1 aliphatic carbocycles. The van der Waals surface area contributed by atoms with Crippen LogP contribution in [0.25, 0.3) is 0 Å². The summed E-state index contributed by atoms with van der Waals surface area (Å²) in [6.07, 6.45) is 3.38. The van der Waals surface area contributed by atoms with Crippen LogP contribution < -0.4 is 14.2 Å². The minimum absolute atomic E-state index is 0.0178. The number of Topliss-reactive ketones (excluding diaryl/α,β-unsaturated/α-hetero) is 1. The maximum Gasteiger partial charge on any atom is 0.277 e. The molecule has 0 N–H and O–H groups in total. The van der Waals surface area contributed by atoms with Gasteiger partial charge < -0.3 is 14.2 Å². The lowest BCUT2D eigenvalue weighted by atomic mass is 9.84. The smallest absolute Gasteiger partial charge is 0.277 e. The Labute approximate surface area is 165 Å². The zero-order chi connectivity index (χ0) is 21.0. The molecule has 1 aromatic carbocycles. The summed E-state index contributed by atoms with van der Waals surface area (Å²) >= 11 is 0. The lowest BCUT2D eigenvalue weighted by Gasteiger charge is -2.20. The Morgan fingerprint density at radius 3 is 1.68 bits per heavy atom. The van der Waals surface area contributed by atoms with Crippen LogP contribution in [0.3, 0.4) is 0 Å². The molecule has 6 heteroatoms. The fourth-order valence-corrected chi connectivity index (χ4v) is 2.97. The van der Waals surface area contributed by atoms with Crippen LogP contribution in [0.1, 0.15) is 38.1 Å². The Bertz CT molecular complexity index is 820. The molecule has 2 rings (SSSR count). The molecule has 0 radical (unpaired) electrons. The van der Waals surface area contributed by atoms with Crippen LogP contribution in [-0.4, -0.2) is 38.7 Å². The summed E-state index contributed by atoms with van der Waals surface area (Å²) in [7, 11) is 4.47. The Morgan fingerprint density at radius 2 is 1.32 bits per heavy atom. The number of benzene rings is 1. The minimum Gasteiger partial charge on any atom is -0.493 e. The highest BCUT2D eigenvalue weighted by Crippen LogP contribution is 2.38. The monoisotopic (exact) mass is 385 g/mol. The number of carbonyl (C=O) groups excluding carboxylic acids is 2. The molecule has 28 heavy (non-hydrogen) atoms. The second kappa shape index (κ2) is 8.87. The van der Waals surface area contributed by atoms with Crippen molar-refractivity contribution >= 4 is 17.4 Å². The lowest BCUT2D eigenvalue weighted by Crippen LogP contribution is -2.21. The predicted molar refractivity (Wildman–Crippen MR) is 109 cm³/mol. The molecular weight excluding hydrogens is 358 g/mol. The summed E-state index contributed by atoms with van der Waals surface area (Å²) in [6, 6.07) is 3.11. The van der Waals surface area contributed by atoms with Crippen molar-refractivity contribution in [2.24, 2.45) is 16.8 Å². The molecule has 0 aliphatic heterocycles. The quantitative estimate of drug-likeness (QED) is 0.691. The van der Waals surface area contributed by atoms with Crippen molar-refractivity contribution in [3.8, 4) is 17.2 Å². The first kappa shape index (κ1) is 21.4. The van der Waals surface area contributed by atoms with Crippen LogP contribution in [0.5, 0.6) is 17.2 Å². The number of amides is 1. The molecule has 0 spiro atoms. The SMILES string of the molecule is COc1cc(C(=O)N=C2C=C(C(C)C)C(=O)C(C(C)C)=C2)cc(OC)c1OC. The summed E-state index contributed by atoms with van der Waals surface area (Å²) in [6.45, 7) is 7.80. The highest BCUT2D eigenvalue weighted by molar-refractivity contribution is 6.24. The lowest BCUT2D eigenvalue weighted by molar-refractivity contribution is -0.113. The van der Waals surface area contributed by atoms with E-state index >= 15 is 0 Å². The highest BCUT2D eigenvalue weighted by Gasteiger charge is 2.25. The fraction of sp³-hybridized carbons (Fsp3) is 0.409.